The number of nitrogens with zero attached hydrogens (tertiary/aromatic N) is 2. The molecule has 186 valence electrons. The van der Waals surface area contributed by atoms with E-state index in [9.17, 15) is 18.0 Å². The van der Waals surface area contributed by atoms with Crippen molar-refractivity contribution in [3.8, 4) is 5.75 Å². The lowest BCUT2D eigenvalue weighted by Crippen LogP contribution is -2.51. The average molecular weight is 510 g/mol. The van der Waals surface area contributed by atoms with Crippen LogP contribution in [0.5, 0.6) is 5.75 Å². The molecule has 34 heavy (non-hydrogen) atoms. The zero-order valence-electron chi connectivity index (χ0n) is 20.2. The SMILES string of the molecule is CCCNC(=O)C(C)N(Cc1ccc(OC)cc1)C(=O)CN(c1ccc(C)c(Cl)c1)S(C)(=O)=O. The molecule has 0 fully saturated rings. The summed E-state index contributed by atoms with van der Waals surface area (Å²) in [5.41, 5.74) is 1.83. The summed E-state index contributed by atoms with van der Waals surface area (Å²) in [6, 6.07) is 11.1. The first kappa shape index (κ1) is 27.5. The first-order valence-electron chi connectivity index (χ1n) is 10.9. The van der Waals surface area contributed by atoms with Crippen LogP contribution in [0, 0.1) is 6.92 Å². The normalized spacial score (nSPS) is 12.1. The van der Waals surface area contributed by atoms with Crippen LogP contribution in [0.15, 0.2) is 42.5 Å². The van der Waals surface area contributed by atoms with Gasteiger partial charge in [0, 0.05) is 18.1 Å². The maximum absolute atomic E-state index is 13.5. The van der Waals surface area contributed by atoms with E-state index in [1.165, 1.54) is 11.0 Å². The van der Waals surface area contributed by atoms with Crippen molar-refractivity contribution in [2.24, 2.45) is 0 Å². The number of nitrogens with one attached hydrogen (secondary N) is 1. The number of benzene rings is 2. The highest BCUT2D eigenvalue weighted by molar-refractivity contribution is 7.92. The number of hydrogen-bond acceptors (Lipinski definition) is 5. The first-order chi connectivity index (χ1) is 16.0. The van der Waals surface area contributed by atoms with Crippen molar-refractivity contribution in [2.45, 2.75) is 39.8 Å². The summed E-state index contributed by atoms with van der Waals surface area (Å²) in [6.07, 6.45) is 1.78. The molecule has 0 bridgehead atoms. The zero-order valence-corrected chi connectivity index (χ0v) is 21.7. The molecule has 1 atom stereocenters. The highest BCUT2D eigenvalue weighted by atomic mass is 35.5. The Morgan fingerprint density at radius 2 is 1.79 bits per heavy atom. The Kier molecular flexibility index (Phi) is 9.76. The van der Waals surface area contributed by atoms with Gasteiger partial charge in [0.15, 0.2) is 0 Å². The maximum Gasteiger partial charge on any atom is 0.244 e. The molecule has 2 aromatic rings. The molecule has 2 rings (SSSR count). The van der Waals surface area contributed by atoms with Crippen LogP contribution in [-0.4, -0.2) is 57.6 Å². The Bertz CT molecular complexity index is 1110. The monoisotopic (exact) mass is 509 g/mol. The van der Waals surface area contributed by atoms with Gasteiger partial charge in [-0.2, -0.15) is 0 Å². The van der Waals surface area contributed by atoms with Crippen LogP contribution in [0.2, 0.25) is 5.02 Å². The van der Waals surface area contributed by atoms with E-state index < -0.39 is 28.5 Å². The fourth-order valence-corrected chi connectivity index (χ4v) is 4.27. The molecular weight excluding hydrogens is 478 g/mol. The van der Waals surface area contributed by atoms with Crippen LogP contribution in [0.4, 0.5) is 5.69 Å². The van der Waals surface area contributed by atoms with Crippen LogP contribution in [0.3, 0.4) is 0 Å². The number of anilines is 1. The molecule has 1 N–H and O–H groups in total. The Balaban J connectivity index is 2.38. The van der Waals surface area contributed by atoms with Gasteiger partial charge in [-0.25, -0.2) is 8.42 Å². The summed E-state index contributed by atoms with van der Waals surface area (Å²) in [6.45, 7) is 5.48. The quantitative estimate of drug-likeness (QED) is 0.501. The summed E-state index contributed by atoms with van der Waals surface area (Å²) in [4.78, 5) is 27.5. The Labute approximate surface area is 206 Å². The minimum Gasteiger partial charge on any atom is -0.497 e. The smallest absolute Gasteiger partial charge is 0.244 e. The number of sulfonamides is 1. The van der Waals surface area contributed by atoms with Crippen molar-refractivity contribution >= 4 is 39.1 Å². The highest BCUT2D eigenvalue weighted by Gasteiger charge is 2.30. The third kappa shape index (κ3) is 7.36. The predicted molar refractivity (Wildman–Crippen MR) is 135 cm³/mol. The largest absolute Gasteiger partial charge is 0.497 e. The predicted octanol–water partition coefficient (Wildman–Crippen LogP) is 3.37. The number of methoxy groups -OCH3 is 1. The third-order valence-electron chi connectivity index (χ3n) is 5.35. The second kappa shape index (κ2) is 12.1. The number of carbonyl (C=O) groups is 2. The molecule has 0 saturated carbocycles. The van der Waals surface area contributed by atoms with E-state index in [1.54, 1.807) is 57.4 Å². The molecule has 2 amide bonds. The number of amides is 2. The number of rotatable bonds is 11. The summed E-state index contributed by atoms with van der Waals surface area (Å²) in [7, 11) is -2.25. The summed E-state index contributed by atoms with van der Waals surface area (Å²) in [5, 5.41) is 3.19. The van der Waals surface area contributed by atoms with E-state index in [0.717, 1.165) is 28.1 Å². The number of carbonyl (C=O) groups excluding carboxylic acids is 2. The molecule has 8 nitrogen and oxygen atoms in total. The lowest BCUT2D eigenvalue weighted by molar-refractivity contribution is -0.139. The molecule has 0 aliphatic carbocycles. The van der Waals surface area contributed by atoms with Crippen molar-refractivity contribution in [2.75, 3.05) is 30.8 Å². The number of halogens is 1. The van der Waals surface area contributed by atoms with E-state index in [-0.39, 0.29) is 18.1 Å². The van der Waals surface area contributed by atoms with Crippen molar-refractivity contribution in [3.05, 3.63) is 58.6 Å². The second-order valence-electron chi connectivity index (χ2n) is 8.04. The Morgan fingerprint density at radius 1 is 1.15 bits per heavy atom. The second-order valence-corrected chi connectivity index (χ2v) is 10.4. The van der Waals surface area contributed by atoms with E-state index >= 15 is 0 Å². The van der Waals surface area contributed by atoms with Gasteiger partial charge in [-0.1, -0.05) is 36.7 Å². The molecule has 0 saturated heterocycles. The van der Waals surface area contributed by atoms with Gasteiger partial charge < -0.3 is 15.0 Å². The molecule has 1 unspecified atom stereocenters. The third-order valence-corrected chi connectivity index (χ3v) is 6.90. The summed E-state index contributed by atoms with van der Waals surface area (Å²) >= 11 is 6.20. The topological polar surface area (TPSA) is 96.0 Å². The summed E-state index contributed by atoms with van der Waals surface area (Å²) < 4.78 is 31.3. The van der Waals surface area contributed by atoms with Crippen molar-refractivity contribution < 1.29 is 22.7 Å². The van der Waals surface area contributed by atoms with Crippen molar-refractivity contribution in [1.82, 2.24) is 10.2 Å². The molecule has 2 aromatic carbocycles. The minimum atomic E-state index is -3.81. The van der Waals surface area contributed by atoms with Crippen LogP contribution >= 0.6 is 11.6 Å². The van der Waals surface area contributed by atoms with Gasteiger partial charge in [-0.15, -0.1) is 0 Å². The van der Waals surface area contributed by atoms with Crippen molar-refractivity contribution in [3.63, 3.8) is 0 Å². The van der Waals surface area contributed by atoms with Gasteiger partial charge in [-0.05, 0) is 55.7 Å². The van der Waals surface area contributed by atoms with Crippen LogP contribution in [0.25, 0.3) is 0 Å². The first-order valence-corrected chi connectivity index (χ1v) is 13.1. The van der Waals surface area contributed by atoms with E-state index in [1.807, 2.05) is 6.92 Å². The Hall–Kier alpha value is -2.78. The standard InChI is InChI=1S/C24H32ClN3O5S/c1-6-13-26-24(30)18(3)27(15-19-8-11-21(33-4)12-9-19)23(29)16-28(34(5,31)32)20-10-7-17(2)22(25)14-20/h7-12,14,18H,6,13,15-16H2,1-5H3,(H,26,30). The molecule has 10 heteroatoms. The van der Waals surface area contributed by atoms with E-state index in [0.29, 0.717) is 17.3 Å². The number of hydrogen-bond donors (Lipinski definition) is 1. The van der Waals surface area contributed by atoms with Crippen LogP contribution < -0.4 is 14.4 Å². The molecular formula is C24H32ClN3O5S. The fourth-order valence-electron chi connectivity index (χ4n) is 3.26. The van der Waals surface area contributed by atoms with Crippen LogP contribution in [-0.2, 0) is 26.2 Å². The van der Waals surface area contributed by atoms with Gasteiger partial charge in [0.2, 0.25) is 21.8 Å². The van der Waals surface area contributed by atoms with Gasteiger partial charge >= 0.3 is 0 Å². The maximum atomic E-state index is 13.5. The molecule has 0 aliphatic rings. The molecule has 0 spiro atoms. The highest BCUT2D eigenvalue weighted by Crippen LogP contribution is 2.25. The van der Waals surface area contributed by atoms with Gasteiger partial charge in [0.25, 0.3) is 0 Å². The molecule has 0 radical (unpaired) electrons. The van der Waals surface area contributed by atoms with Gasteiger partial charge in [0.05, 0.1) is 19.1 Å². The zero-order chi connectivity index (χ0) is 25.5. The van der Waals surface area contributed by atoms with Crippen LogP contribution in [0.1, 0.15) is 31.4 Å². The van der Waals surface area contributed by atoms with Gasteiger partial charge in [-0.3, -0.25) is 13.9 Å². The average Bonchev–Trinajstić information content (AvgIpc) is 2.80. The van der Waals surface area contributed by atoms with Crippen molar-refractivity contribution in [1.29, 1.82) is 0 Å². The van der Waals surface area contributed by atoms with E-state index in [2.05, 4.69) is 5.32 Å². The fraction of sp³-hybridized carbons (Fsp3) is 0.417. The van der Waals surface area contributed by atoms with E-state index in [4.69, 9.17) is 16.3 Å². The minimum absolute atomic E-state index is 0.121. The molecule has 0 heterocycles. The molecule has 0 aromatic heterocycles. The number of aryl methyl sites for hydroxylation is 1. The summed E-state index contributed by atoms with van der Waals surface area (Å²) in [5.74, 6) is -0.167. The molecule has 0 aliphatic heterocycles. The lowest BCUT2D eigenvalue weighted by atomic mass is 10.1. The number of ether oxygens (including phenoxy) is 1. The van der Waals surface area contributed by atoms with Gasteiger partial charge in [0.1, 0.15) is 18.3 Å². The Morgan fingerprint density at radius 3 is 2.32 bits per heavy atom. The lowest BCUT2D eigenvalue weighted by Gasteiger charge is -2.31.